The maximum absolute atomic E-state index is 12.4. The molecule has 0 bridgehead atoms. The summed E-state index contributed by atoms with van der Waals surface area (Å²) in [6.45, 7) is 0.961. The molecule has 0 aliphatic carbocycles. The van der Waals surface area contributed by atoms with Crippen LogP contribution in [0.3, 0.4) is 0 Å². The van der Waals surface area contributed by atoms with Crippen LogP contribution in [-0.2, 0) is 6.18 Å². The second-order valence-electron chi connectivity index (χ2n) is 3.32. The Morgan fingerprint density at radius 2 is 1.94 bits per heavy atom. The molecule has 0 spiro atoms. The van der Waals surface area contributed by atoms with E-state index in [1.165, 1.54) is 13.2 Å². The summed E-state index contributed by atoms with van der Waals surface area (Å²) in [5.74, 6) is 0.381. The number of hydrogen-bond donors (Lipinski definition) is 1. The van der Waals surface area contributed by atoms with E-state index in [1.807, 2.05) is 0 Å². The maximum atomic E-state index is 12.4. The van der Waals surface area contributed by atoms with Gasteiger partial charge in [0, 0.05) is 6.54 Å². The summed E-state index contributed by atoms with van der Waals surface area (Å²) in [6, 6.07) is 3.16. The SMILES string of the molecule is CNCCOc1ccc(C(F)(F)F)cc1OC. The smallest absolute Gasteiger partial charge is 0.416 e. The van der Waals surface area contributed by atoms with Gasteiger partial charge in [-0.2, -0.15) is 13.2 Å². The minimum atomic E-state index is -4.38. The minimum Gasteiger partial charge on any atom is -0.493 e. The van der Waals surface area contributed by atoms with Crippen molar-refractivity contribution in [3.63, 3.8) is 0 Å². The van der Waals surface area contributed by atoms with Crippen LogP contribution in [0.1, 0.15) is 5.56 Å². The lowest BCUT2D eigenvalue weighted by Gasteiger charge is -2.13. The normalized spacial score (nSPS) is 11.4. The van der Waals surface area contributed by atoms with Crippen LogP contribution in [0.4, 0.5) is 13.2 Å². The zero-order chi connectivity index (χ0) is 12.9. The number of ether oxygens (including phenoxy) is 2. The van der Waals surface area contributed by atoms with E-state index in [9.17, 15) is 13.2 Å². The number of halogens is 3. The van der Waals surface area contributed by atoms with E-state index < -0.39 is 11.7 Å². The molecule has 1 aromatic carbocycles. The van der Waals surface area contributed by atoms with Gasteiger partial charge in [-0.05, 0) is 25.2 Å². The molecule has 0 aliphatic rings. The molecule has 3 nitrogen and oxygen atoms in total. The predicted molar refractivity (Wildman–Crippen MR) is 57.4 cm³/mol. The molecule has 17 heavy (non-hydrogen) atoms. The van der Waals surface area contributed by atoms with Crippen LogP contribution in [-0.4, -0.2) is 27.3 Å². The lowest BCUT2D eigenvalue weighted by molar-refractivity contribution is -0.137. The summed E-state index contributed by atoms with van der Waals surface area (Å²) in [5, 5.41) is 2.87. The summed E-state index contributed by atoms with van der Waals surface area (Å²) in [6.07, 6.45) is -4.38. The van der Waals surface area contributed by atoms with E-state index in [4.69, 9.17) is 9.47 Å². The van der Waals surface area contributed by atoms with Crippen LogP contribution in [0.2, 0.25) is 0 Å². The highest BCUT2D eigenvalue weighted by Crippen LogP contribution is 2.36. The van der Waals surface area contributed by atoms with Crippen LogP contribution in [0.25, 0.3) is 0 Å². The molecule has 0 saturated heterocycles. The fraction of sp³-hybridized carbons (Fsp3) is 0.455. The van der Waals surface area contributed by atoms with Gasteiger partial charge in [-0.3, -0.25) is 0 Å². The summed E-state index contributed by atoms with van der Waals surface area (Å²) in [4.78, 5) is 0. The van der Waals surface area contributed by atoms with Gasteiger partial charge in [0.15, 0.2) is 11.5 Å². The molecule has 6 heteroatoms. The second kappa shape index (κ2) is 5.77. The third-order valence-electron chi connectivity index (χ3n) is 2.10. The highest BCUT2D eigenvalue weighted by atomic mass is 19.4. The number of nitrogens with one attached hydrogen (secondary N) is 1. The van der Waals surface area contributed by atoms with Crippen LogP contribution >= 0.6 is 0 Å². The fourth-order valence-electron chi connectivity index (χ4n) is 1.23. The molecule has 0 unspecified atom stereocenters. The fourth-order valence-corrected chi connectivity index (χ4v) is 1.23. The molecular weight excluding hydrogens is 235 g/mol. The van der Waals surface area contributed by atoms with Crippen molar-refractivity contribution in [3.8, 4) is 11.5 Å². The number of methoxy groups -OCH3 is 1. The molecular formula is C11H14F3NO2. The molecule has 0 saturated carbocycles. The van der Waals surface area contributed by atoms with Crippen LogP contribution in [0, 0.1) is 0 Å². The highest BCUT2D eigenvalue weighted by molar-refractivity contribution is 5.43. The molecule has 0 amide bonds. The van der Waals surface area contributed by atoms with Gasteiger partial charge < -0.3 is 14.8 Å². The zero-order valence-corrected chi connectivity index (χ0v) is 9.60. The first-order valence-electron chi connectivity index (χ1n) is 5.01. The molecule has 0 aromatic heterocycles. The first-order valence-corrected chi connectivity index (χ1v) is 5.01. The van der Waals surface area contributed by atoms with Gasteiger partial charge in [0.25, 0.3) is 0 Å². The van der Waals surface area contributed by atoms with Gasteiger partial charge in [0.05, 0.1) is 12.7 Å². The molecule has 0 heterocycles. The van der Waals surface area contributed by atoms with Gasteiger partial charge in [0.2, 0.25) is 0 Å². The van der Waals surface area contributed by atoms with Crippen molar-refractivity contribution < 1.29 is 22.6 Å². The number of benzene rings is 1. The third kappa shape index (κ3) is 3.81. The first kappa shape index (κ1) is 13.6. The Kier molecular flexibility index (Phi) is 4.62. The van der Waals surface area contributed by atoms with Crippen LogP contribution in [0.5, 0.6) is 11.5 Å². The van der Waals surface area contributed by atoms with Crippen LogP contribution < -0.4 is 14.8 Å². The maximum Gasteiger partial charge on any atom is 0.416 e. The lowest BCUT2D eigenvalue weighted by atomic mass is 10.2. The summed E-state index contributed by atoms with van der Waals surface area (Å²) in [7, 11) is 3.06. The van der Waals surface area contributed by atoms with E-state index in [2.05, 4.69) is 5.32 Å². The highest BCUT2D eigenvalue weighted by Gasteiger charge is 2.31. The Hall–Kier alpha value is -1.43. The molecule has 0 atom stereocenters. The quantitative estimate of drug-likeness (QED) is 0.812. The average Bonchev–Trinajstić information content (AvgIpc) is 2.28. The Labute approximate surface area is 97.5 Å². The Morgan fingerprint density at radius 3 is 2.47 bits per heavy atom. The average molecular weight is 249 g/mol. The van der Waals surface area contributed by atoms with Gasteiger partial charge in [0.1, 0.15) is 6.61 Å². The number of rotatable bonds is 5. The molecule has 96 valence electrons. The largest absolute Gasteiger partial charge is 0.493 e. The Bertz CT molecular complexity index is 366. The van der Waals surface area contributed by atoms with Crippen molar-refractivity contribution in [1.82, 2.24) is 5.32 Å². The van der Waals surface area contributed by atoms with E-state index >= 15 is 0 Å². The minimum absolute atomic E-state index is 0.0796. The number of hydrogen-bond acceptors (Lipinski definition) is 3. The van der Waals surface area contributed by atoms with Crippen molar-refractivity contribution in [3.05, 3.63) is 23.8 Å². The van der Waals surface area contributed by atoms with E-state index in [0.717, 1.165) is 12.1 Å². The van der Waals surface area contributed by atoms with Gasteiger partial charge in [-0.15, -0.1) is 0 Å². The van der Waals surface area contributed by atoms with Gasteiger partial charge in [-0.1, -0.05) is 0 Å². The Morgan fingerprint density at radius 1 is 1.24 bits per heavy atom. The lowest BCUT2D eigenvalue weighted by Crippen LogP contribution is -2.16. The van der Waals surface area contributed by atoms with Crippen molar-refractivity contribution in [2.75, 3.05) is 27.3 Å². The molecule has 0 fully saturated rings. The van der Waals surface area contributed by atoms with Crippen LogP contribution in [0.15, 0.2) is 18.2 Å². The zero-order valence-electron chi connectivity index (χ0n) is 9.60. The molecule has 1 N–H and O–H groups in total. The number of likely N-dealkylation sites (N-methyl/N-ethyl adjacent to an activating group) is 1. The van der Waals surface area contributed by atoms with Crippen molar-refractivity contribution in [1.29, 1.82) is 0 Å². The number of alkyl halides is 3. The molecule has 1 rings (SSSR count). The molecule has 0 aliphatic heterocycles. The van der Waals surface area contributed by atoms with E-state index in [-0.39, 0.29) is 5.75 Å². The van der Waals surface area contributed by atoms with Crippen molar-refractivity contribution in [2.45, 2.75) is 6.18 Å². The molecule has 1 aromatic rings. The van der Waals surface area contributed by atoms with Gasteiger partial charge in [-0.25, -0.2) is 0 Å². The van der Waals surface area contributed by atoms with E-state index in [1.54, 1.807) is 7.05 Å². The molecule has 0 radical (unpaired) electrons. The summed E-state index contributed by atoms with van der Waals surface area (Å²) < 4.78 is 47.5. The predicted octanol–water partition coefficient (Wildman–Crippen LogP) is 2.31. The Balaban J connectivity index is 2.86. The second-order valence-corrected chi connectivity index (χ2v) is 3.32. The third-order valence-corrected chi connectivity index (χ3v) is 2.10. The van der Waals surface area contributed by atoms with Crippen molar-refractivity contribution in [2.24, 2.45) is 0 Å². The van der Waals surface area contributed by atoms with E-state index in [0.29, 0.717) is 18.9 Å². The summed E-state index contributed by atoms with van der Waals surface area (Å²) >= 11 is 0. The standard InChI is InChI=1S/C11H14F3NO2/c1-15-5-6-17-9-4-3-8(11(12,13)14)7-10(9)16-2/h3-4,7,15H,5-6H2,1-2H3. The summed E-state index contributed by atoms with van der Waals surface area (Å²) in [5.41, 5.74) is -0.754. The van der Waals surface area contributed by atoms with Crippen molar-refractivity contribution >= 4 is 0 Å². The van der Waals surface area contributed by atoms with Gasteiger partial charge >= 0.3 is 6.18 Å². The first-order chi connectivity index (χ1) is 7.99. The topological polar surface area (TPSA) is 30.5 Å². The monoisotopic (exact) mass is 249 g/mol.